The number of sulfonamides is 1. The number of hydrogen-bond donors (Lipinski definition) is 3. The number of rotatable bonds is 13. The molecule has 2 unspecified atom stereocenters. The molecule has 0 radical (unpaired) electrons. The molecular weight excluding hydrogens is 652 g/mol. The Morgan fingerprint density at radius 3 is 2.57 bits per heavy atom. The standard InChI is InChI=1S/C34H38F3N3O5S2/c1-21(2)13-15-38-20-23-9-11-26-28(14-16-44-30(26)17-23)39-32(41)19-29(24-7-5-4-6-8-24)40-47(42,43)33-22(3)27-18-25(45-34(35,36)37)10-12-31(27)46-33/h4-12,17-18,21,28-29,38,40H,13-16,19-20H2,1-3H3,(H,39,41). The summed E-state index contributed by atoms with van der Waals surface area (Å²) >= 11 is 0.936. The van der Waals surface area contributed by atoms with Crippen LogP contribution in [0.3, 0.4) is 0 Å². The maximum Gasteiger partial charge on any atom is 0.573 e. The number of thiophene rings is 1. The quantitative estimate of drug-likeness (QED) is 0.127. The van der Waals surface area contributed by atoms with Crippen LogP contribution in [0.25, 0.3) is 10.1 Å². The van der Waals surface area contributed by atoms with Crippen molar-refractivity contribution in [2.24, 2.45) is 5.92 Å². The van der Waals surface area contributed by atoms with Crippen LogP contribution in [0.5, 0.6) is 11.5 Å². The van der Waals surface area contributed by atoms with Crippen LogP contribution in [-0.2, 0) is 21.4 Å². The SMILES string of the molecule is Cc1c(S(=O)(=O)NC(CC(=O)NC2CCOc3cc(CNCCC(C)C)ccc32)c2ccccc2)sc2ccc(OC(F)(F)F)cc12. The van der Waals surface area contributed by atoms with E-state index in [4.69, 9.17) is 4.74 Å². The molecule has 1 aliphatic rings. The fraction of sp³-hybridized carbons (Fsp3) is 0.382. The molecule has 0 saturated carbocycles. The summed E-state index contributed by atoms with van der Waals surface area (Å²) in [6.45, 7) is 7.96. The average molecular weight is 690 g/mol. The molecule has 0 fully saturated rings. The molecule has 3 aromatic carbocycles. The Bertz CT molecular complexity index is 1810. The van der Waals surface area contributed by atoms with Gasteiger partial charge in [-0.3, -0.25) is 4.79 Å². The van der Waals surface area contributed by atoms with Gasteiger partial charge in [0.2, 0.25) is 5.91 Å². The van der Waals surface area contributed by atoms with E-state index in [-0.39, 0.29) is 28.1 Å². The number of carbonyl (C=O) groups is 1. The van der Waals surface area contributed by atoms with E-state index in [9.17, 15) is 26.4 Å². The summed E-state index contributed by atoms with van der Waals surface area (Å²) in [6, 6.07) is 17.2. The van der Waals surface area contributed by atoms with Gasteiger partial charge < -0.3 is 20.1 Å². The fourth-order valence-electron chi connectivity index (χ4n) is 5.54. The van der Waals surface area contributed by atoms with Gasteiger partial charge in [-0.15, -0.1) is 24.5 Å². The number of nitrogens with one attached hydrogen (secondary N) is 3. The summed E-state index contributed by atoms with van der Waals surface area (Å²) in [5, 5.41) is 6.85. The molecule has 2 heterocycles. The van der Waals surface area contributed by atoms with Crippen molar-refractivity contribution in [3.63, 3.8) is 0 Å². The van der Waals surface area contributed by atoms with Gasteiger partial charge in [0.1, 0.15) is 15.7 Å². The van der Waals surface area contributed by atoms with Crippen LogP contribution in [0, 0.1) is 12.8 Å². The number of hydrogen-bond acceptors (Lipinski definition) is 7. The largest absolute Gasteiger partial charge is 0.573 e. The number of aryl methyl sites for hydroxylation is 1. The van der Waals surface area contributed by atoms with E-state index in [2.05, 4.69) is 33.9 Å². The lowest BCUT2D eigenvalue weighted by Gasteiger charge is -2.28. The normalized spacial score (nSPS) is 15.7. The Labute approximate surface area is 276 Å². The Morgan fingerprint density at radius 2 is 1.85 bits per heavy atom. The molecular formula is C34H38F3N3O5S2. The number of benzene rings is 3. The Hall–Kier alpha value is -3.65. The van der Waals surface area contributed by atoms with Crippen molar-refractivity contribution in [3.8, 4) is 11.5 Å². The molecule has 4 aromatic rings. The lowest BCUT2D eigenvalue weighted by molar-refractivity contribution is -0.274. The minimum Gasteiger partial charge on any atom is -0.493 e. The van der Waals surface area contributed by atoms with Gasteiger partial charge in [0.15, 0.2) is 0 Å². The van der Waals surface area contributed by atoms with E-state index >= 15 is 0 Å². The van der Waals surface area contributed by atoms with Crippen LogP contribution in [0.4, 0.5) is 13.2 Å². The van der Waals surface area contributed by atoms with Gasteiger partial charge >= 0.3 is 6.36 Å². The molecule has 5 rings (SSSR count). The van der Waals surface area contributed by atoms with Crippen molar-refractivity contribution < 1.29 is 35.9 Å². The molecule has 8 nitrogen and oxygen atoms in total. The third kappa shape index (κ3) is 9.04. The minimum absolute atomic E-state index is 0.0501. The second kappa shape index (κ2) is 14.6. The predicted molar refractivity (Wildman–Crippen MR) is 176 cm³/mol. The third-order valence-electron chi connectivity index (χ3n) is 7.91. The van der Waals surface area contributed by atoms with Crippen LogP contribution in [0.2, 0.25) is 0 Å². The zero-order chi connectivity index (χ0) is 33.8. The van der Waals surface area contributed by atoms with Crippen molar-refractivity contribution >= 4 is 37.4 Å². The molecule has 13 heteroatoms. The molecule has 0 saturated heterocycles. The van der Waals surface area contributed by atoms with Gasteiger partial charge in [0.05, 0.1) is 18.7 Å². The van der Waals surface area contributed by atoms with Gasteiger partial charge in [-0.25, -0.2) is 13.1 Å². The van der Waals surface area contributed by atoms with Gasteiger partial charge in [-0.2, -0.15) is 0 Å². The molecule has 0 aliphatic carbocycles. The number of ether oxygens (including phenoxy) is 2. The molecule has 2 atom stereocenters. The molecule has 0 spiro atoms. The molecule has 1 aromatic heterocycles. The van der Waals surface area contributed by atoms with Crippen molar-refractivity contribution in [1.82, 2.24) is 15.4 Å². The number of fused-ring (bicyclic) bond motifs is 2. The maximum absolute atomic E-state index is 13.7. The minimum atomic E-state index is -4.88. The molecule has 3 N–H and O–H groups in total. The number of halogens is 3. The molecule has 1 aliphatic heterocycles. The van der Waals surface area contributed by atoms with Gasteiger partial charge in [0.25, 0.3) is 10.0 Å². The zero-order valence-electron chi connectivity index (χ0n) is 26.3. The Balaban J connectivity index is 1.31. The first kappa shape index (κ1) is 34.7. The second-order valence-corrected chi connectivity index (χ2v) is 15.0. The lowest BCUT2D eigenvalue weighted by Crippen LogP contribution is -2.36. The Kier molecular flexibility index (Phi) is 10.8. The monoisotopic (exact) mass is 689 g/mol. The summed E-state index contributed by atoms with van der Waals surface area (Å²) < 4.78 is 78.9. The first-order chi connectivity index (χ1) is 22.3. The molecule has 47 heavy (non-hydrogen) atoms. The topological polar surface area (TPSA) is 106 Å². The third-order valence-corrected chi connectivity index (χ3v) is 11.3. The smallest absolute Gasteiger partial charge is 0.493 e. The highest BCUT2D eigenvalue weighted by atomic mass is 32.2. The summed E-state index contributed by atoms with van der Waals surface area (Å²) in [6.07, 6.45) is -3.41. The summed E-state index contributed by atoms with van der Waals surface area (Å²) in [4.78, 5) is 13.5. The second-order valence-electron chi connectivity index (χ2n) is 12.0. The molecule has 252 valence electrons. The zero-order valence-corrected chi connectivity index (χ0v) is 28.0. The first-order valence-corrected chi connectivity index (χ1v) is 17.7. The van der Waals surface area contributed by atoms with Gasteiger partial charge in [-0.1, -0.05) is 56.3 Å². The number of carbonyl (C=O) groups excluding carboxylic acids is 1. The van der Waals surface area contributed by atoms with Crippen LogP contribution in [0.15, 0.2) is 70.9 Å². The average Bonchev–Trinajstić information content (AvgIpc) is 3.35. The van der Waals surface area contributed by atoms with Crippen LogP contribution < -0.4 is 24.8 Å². The van der Waals surface area contributed by atoms with Crippen molar-refractivity contribution in [1.29, 1.82) is 0 Å². The fourth-order valence-corrected chi connectivity index (χ4v) is 8.53. The molecule has 1 amide bonds. The van der Waals surface area contributed by atoms with E-state index in [0.29, 0.717) is 46.9 Å². The van der Waals surface area contributed by atoms with Crippen molar-refractivity contribution in [2.75, 3.05) is 13.2 Å². The van der Waals surface area contributed by atoms with Gasteiger partial charge in [0, 0.05) is 35.0 Å². The van der Waals surface area contributed by atoms with E-state index in [1.54, 1.807) is 30.3 Å². The highest BCUT2D eigenvalue weighted by molar-refractivity contribution is 7.91. The van der Waals surface area contributed by atoms with E-state index in [1.165, 1.54) is 19.1 Å². The van der Waals surface area contributed by atoms with Crippen LogP contribution in [0.1, 0.15) is 67.4 Å². The lowest BCUT2D eigenvalue weighted by atomic mass is 9.98. The first-order valence-electron chi connectivity index (χ1n) is 15.4. The van der Waals surface area contributed by atoms with Crippen molar-refractivity contribution in [2.45, 2.75) is 69.2 Å². The van der Waals surface area contributed by atoms with Crippen LogP contribution >= 0.6 is 11.3 Å². The summed E-state index contributed by atoms with van der Waals surface area (Å²) in [7, 11) is -4.20. The summed E-state index contributed by atoms with van der Waals surface area (Å²) in [5.74, 6) is 0.551. The Morgan fingerprint density at radius 1 is 1.09 bits per heavy atom. The van der Waals surface area contributed by atoms with E-state index < -0.39 is 28.2 Å². The van der Waals surface area contributed by atoms with Crippen LogP contribution in [-0.4, -0.2) is 33.8 Å². The van der Waals surface area contributed by atoms with Crippen molar-refractivity contribution in [3.05, 3.63) is 89.0 Å². The summed E-state index contributed by atoms with van der Waals surface area (Å²) in [5.41, 5.74) is 2.82. The van der Waals surface area contributed by atoms with Gasteiger partial charge in [-0.05, 0) is 66.8 Å². The highest BCUT2D eigenvalue weighted by Gasteiger charge is 2.32. The predicted octanol–water partition coefficient (Wildman–Crippen LogP) is 7.29. The number of amides is 1. The number of alkyl halides is 3. The van der Waals surface area contributed by atoms with E-state index in [0.717, 1.165) is 41.5 Å². The maximum atomic E-state index is 13.7. The molecule has 0 bridgehead atoms. The highest BCUT2D eigenvalue weighted by Crippen LogP contribution is 2.38. The van der Waals surface area contributed by atoms with E-state index in [1.807, 2.05) is 18.2 Å².